The van der Waals surface area contributed by atoms with E-state index in [1.165, 1.54) is 0 Å². The molecule has 5 rings (SSSR count). The number of nitrogens with zero attached hydrogens (tertiary/aromatic N) is 6. The van der Waals surface area contributed by atoms with Crippen molar-refractivity contribution < 1.29 is 0 Å². The number of rotatable bonds is 1. The van der Waals surface area contributed by atoms with Gasteiger partial charge < -0.3 is 0 Å². The van der Waals surface area contributed by atoms with Crippen molar-refractivity contribution in [2.45, 2.75) is 6.54 Å². The van der Waals surface area contributed by atoms with Crippen molar-refractivity contribution in [1.29, 1.82) is 0 Å². The minimum Gasteiger partial charge on any atom is -0.299 e. The lowest BCUT2D eigenvalue weighted by atomic mass is 10.0. The predicted octanol–water partition coefficient (Wildman–Crippen LogP) is 3.21. The van der Waals surface area contributed by atoms with Crippen LogP contribution in [0.3, 0.4) is 0 Å². The summed E-state index contributed by atoms with van der Waals surface area (Å²) in [7, 11) is 0. The number of aromatic nitrogens is 6. The molecule has 4 aromatic rings. The standard InChI is InChI=1S/C17H11ClN6/c18-16-15-8-24-17(20-9-22-24)13-6-11(12-2-1-5-19-7-12)3-4-14(13)23(15)10-21-16/h1-7,9-10H,8H2. The fraction of sp³-hybridized carbons (Fsp3) is 0.0588. The third-order valence-electron chi connectivity index (χ3n) is 4.22. The molecule has 7 heteroatoms. The third-order valence-corrected chi connectivity index (χ3v) is 4.54. The molecule has 0 saturated carbocycles. The Morgan fingerprint density at radius 2 is 2.04 bits per heavy atom. The molecule has 0 amide bonds. The lowest BCUT2D eigenvalue weighted by Crippen LogP contribution is -2.04. The average molecular weight is 335 g/mol. The maximum absolute atomic E-state index is 6.26. The van der Waals surface area contributed by atoms with Crippen molar-refractivity contribution in [3.8, 4) is 28.2 Å². The summed E-state index contributed by atoms with van der Waals surface area (Å²) in [5, 5.41) is 4.82. The summed E-state index contributed by atoms with van der Waals surface area (Å²) in [4.78, 5) is 12.9. The van der Waals surface area contributed by atoms with E-state index in [0.29, 0.717) is 11.7 Å². The van der Waals surface area contributed by atoms with Crippen molar-refractivity contribution in [3.63, 3.8) is 0 Å². The topological polar surface area (TPSA) is 61.4 Å². The van der Waals surface area contributed by atoms with Gasteiger partial charge in [0.25, 0.3) is 0 Å². The Morgan fingerprint density at radius 1 is 1.08 bits per heavy atom. The third kappa shape index (κ3) is 1.90. The van der Waals surface area contributed by atoms with E-state index in [4.69, 9.17) is 11.6 Å². The van der Waals surface area contributed by atoms with Crippen LogP contribution in [0.15, 0.2) is 55.4 Å². The first kappa shape index (κ1) is 13.4. The van der Waals surface area contributed by atoms with Gasteiger partial charge in [-0.25, -0.2) is 14.6 Å². The molecular formula is C17H11ClN6. The average Bonchev–Trinajstić information content (AvgIpc) is 3.20. The summed E-state index contributed by atoms with van der Waals surface area (Å²) in [5.41, 5.74) is 5.01. The number of halogens is 1. The first-order chi connectivity index (χ1) is 11.8. The highest BCUT2D eigenvalue weighted by Crippen LogP contribution is 2.35. The van der Waals surface area contributed by atoms with Crippen LogP contribution >= 0.6 is 11.6 Å². The molecule has 116 valence electrons. The van der Waals surface area contributed by atoms with Gasteiger partial charge in [0.05, 0.1) is 17.9 Å². The fourth-order valence-electron chi connectivity index (χ4n) is 3.07. The van der Waals surface area contributed by atoms with Crippen LogP contribution in [0.1, 0.15) is 5.69 Å². The SMILES string of the molecule is Clc1ncn2c1Cn1ncnc1-c1cc(-c3cccnc3)ccc1-2. The summed E-state index contributed by atoms with van der Waals surface area (Å²) in [6, 6.07) is 10.2. The van der Waals surface area contributed by atoms with E-state index < -0.39 is 0 Å². The molecule has 0 bridgehead atoms. The van der Waals surface area contributed by atoms with Crippen molar-refractivity contribution in [2.24, 2.45) is 0 Å². The van der Waals surface area contributed by atoms with Gasteiger partial charge in [0, 0.05) is 23.5 Å². The Morgan fingerprint density at radius 3 is 2.92 bits per heavy atom. The molecule has 0 saturated heterocycles. The summed E-state index contributed by atoms with van der Waals surface area (Å²) in [6.07, 6.45) is 6.93. The summed E-state index contributed by atoms with van der Waals surface area (Å²) in [6.45, 7) is 0.533. The monoisotopic (exact) mass is 334 g/mol. The Kier molecular flexibility index (Phi) is 2.80. The number of fused-ring (bicyclic) bond motifs is 5. The number of pyridine rings is 1. The molecule has 0 radical (unpaired) electrons. The molecule has 1 aliphatic rings. The van der Waals surface area contributed by atoms with E-state index in [0.717, 1.165) is 33.9 Å². The van der Waals surface area contributed by atoms with Gasteiger partial charge in [0.1, 0.15) is 12.7 Å². The van der Waals surface area contributed by atoms with E-state index in [1.54, 1.807) is 18.9 Å². The van der Waals surface area contributed by atoms with Gasteiger partial charge >= 0.3 is 0 Å². The maximum atomic E-state index is 6.26. The van der Waals surface area contributed by atoms with Crippen molar-refractivity contribution >= 4 is 11.6 Å². The minimum atomic E-state index is 0.487. The highest BCUT2D eigenvalue weighted by Gasteiger charge is 2.23. The first-order valence-electron chi connectivity index (χ1n) is 7.46. The van der Waals surface area contributed by atoms with Gasteiger partial charge in [-0.1, -0.05) is 23.7 Å². The van der Waals surface area contributed by atoms with Gasteiger partial charge in [-0.2, -0.15) is 5.10 Å². The number of hydrogen-bond donors (Lipinski definition) is 0. The first-order valence-corrected chi connectivity index (χ1v) is 7.84. The Balaban J connectivity index is 1.80. The summed E-state index contributed by atoms with van der Waals surface area (Å²) >= 11 is 6.26. The molecule has 0 aliphatic carbocycles. The maximum Gasteiger partial charge on any atom is 0.160 e. The van der Waals surface area contributed by atoms with E-state index in [9.17, 15) is 0 Å². The van der Waals surface area contributed by atoms with E-state index in [2.05, 4.69) is 38.2 Å². The van der Waals surface area contributed by atoms with Crippen LogP contribution in [0.25, 0.3) is 28.2 Å². The van der Waals surface area contributed by atoms with Crippen molar-refractivity contribution in [3.05, 3.63) is 66.2 Å². The fourth-order valence-corrected chi connectivity index (χ4v) is 3.26. The molecule has 0 atom stereocenters. The Bertz CT molecular complexity index is 1050. The second-order valence-electron chi connectivity index (χ2n) is 5.57. The number of benzene rings is 1. The zero-order valence-corrected chi connectivity index (χ0v) is 13.2. The van der Waals surface area contributed by atoms with Gasteiger partial charge in [0.2, 0.25) is 0 Å². The van der Waals surface area contributed by atoms with Gasteiger partial charge in [-0.3, -0.25) is 9.55 Å². The molecule has 3 aromatic heterocycles. The highest BCUT2D eigenvalue weighted by atomic mass is 35.5. The molecule has 0 unspecified atom stereocenters. The molecule has 0 spiro atoms. The zero-order valence-electron chi connectivity index (χ0n) is 12.5. The Labute approximate surface area is 142 Å². The minimum absolute atomic E-state index is 0.487. The van der Waals surface area contributed by atoms with Crippen LogP contribution < -0.4 is 0 Å². The van der Waals surface area contributed by atoms with E-state index in [1.807, 2.05) is 27.6 Å². The smallest absolute Gasteiger partial charge is 0.160 e. The van der Waals surface area contributed by atoms with Crippen LogP contribution in [-0.2, 0) is 6.54 Å². The molecule has 6 nitrogen and oxygen atoms in total. The largest absolute Gasteiger partial charge is 0.299 e. The van der Waals surface area contributed by atoms with E-state index >= 15 is 0 Å². The summed E-state index contributed by atoms with van der Waals surface area (Å²) in [5.74, 6) is 0.815. The molecular weight excluding hydrogens is 324 g/mol. The zero-order chi connectivity index (χ0) is 16.1. The number of imidazole rings is 1. The van der Waals surface area contributed by atoms with Crippen LogP contribution in [0.2, 0.25) is 5.15 Å². The van der Waals surface area contributed by atoms with E-state index in [-0.39, 0.29) is 0 Å². The normalized spacial score (nSPS) is 12.2. The lowest BCUT2D eigenvalue weighted by molar-refractivity contribution is 0.677. The molecule has 24 heavy (non-hydrogen) atoms. The molecule has 1 aliphatic heterocycles. The highest BCUT2D eigenvalue weighted by molar-refractivity contribution is 6.30. The lowest BCUT2D eigenvalue weighted by Gasteiger charge is -2.10. The quantitative estimate of drug-likeness (QED) is 0.472. The van der Waals surface area contributed by atoms with Crippen LogP contribution in [0, 0.1) is 0 Å². The second kappa shape index (κ2) is 5.01. The molecule has 4 heterocycles. The van der Waals surface area contributed by atoms with Gasteiger partial charge in [-0.15, -0.1) is 0 Å². The molecule has 0 fully saturated rings. The van der Waals surface area contributed by atoms with Crippen molar-refractivity contribution in [1.82, 2.24) is 29.3 Å². The van der Waals surface area contributed by atoms with Crippen LogP contribution in [-0.4, -0.2) is 29.3 Å². The summed E-state index contributed by atoms with van der Waals surface area (Å²) < 4.78 is 3.85. The van der Waals surface area contributed by atoms with Gasteiger partial charge in [-0.05, 0) is 23.8 Å². The predicted molar refractivity (Wildman–Crippen MR) is 89.9 cm³/mol. The van der Waals surface area contributed by atoms with Crippen molar-refractivity contribution in [2.75, 3.05) is 0 Å². The molecule has 1 aromatic carbocycles. The van der Waals surface area contributed by atoms with Gasteiger partial charge in [0.15, 0.2) is 11.0 Å². The number of hydrogen-bond acceptors (Lipinski definition) is 4. The van der Waals surface area contributed by atoms with Crippen LogP contribution in [0.5, 0.6) is 0 Å². The van der Waals surface area contributed by atoms with Crippen LogP contribution in [0.4, 0.5) is 0 Å². The second-order valence-corrected chi connectivity index (χ2v) is 5.93. The molecule has 0 N–H and O–H groups in total. The Hall–Kier alpha value is -2.99.